The number of methoxy groups -OCH3 is 1. The monoisotopic (exact) mass is 447 g/mol. The molecule has 0 aliphatic carbocycles. The molecule has 0 saturated carbocycles. The molecule has 30 heavy (non-hydrogen) atoms. The average Bonchev–Trinajstić information content (AvgIpc) is 3.11. The van der Waals surface area contributed by atoms with Gasteiger partial charge in [0.25, 0.3) is 5.91 Å². The summed E-state index contributed by atoms with van der Waals surface area (Å²) < 4.78 is 35.0. The second kappa shape index (κ2) is 9.11. The van der Waals surface area contributed by atoms with Crippen molar-refractivity contribution in [3.05, 3.63) is 52.8 Å². The van der Waals surface area contributed by atoms with Gasteiger partial charge in [-0.05, 0) is 43.3 Å². The van der Waals surface area contributed by atoms with Gasteiger partial charge in [0.05, 0.1) is 16.7 Å². The van der Waals surface area contributed by atoms with Crippen LogP contribution in [-0.4, -0.2) is 43.4 Å². The number of para-hydroxylation sites is 1. The lowest BCUT2D eigenvalue weighted by molar-refractivity contribution is 0.0997. The lowest BCUT2D eigenvalue weighted by atomic mass is 10.2. The molecule has 0 unspecified atom stereocenters. The molecule has 0 spiro atoms. The number of ether oxygens (including phenoxy) is 1. The number of aryl methyl sites for hydroxylation is 1. The maximum absolute atomic E-state index is 12.8. The maximum atomic E-state index is 12.8. The number of carbonyl (C=O) groups is 1. The number of benzene rings is 2. The Labute approximate surface area is 180 Å². The molecule has 1 heterocycles. The molecule has 0 bridgehead atoms. The largest absolute Gasteiger partial charge is 0.495 e. The first-order chi connectivity index (χ1) is 14.4. The second-order valence-corrected chi connectivity index (χ2v) is 9.41. The minimum atomic E-state index is -3.56. The molecular weight excluding hydrogens is 422 g/mol. The molecule has 1 amide bonds. The lowest BCUT2D eigenvalue weighted by Gasteiger charge is -2.18. The van der Waals surface area contributed by atoms with Crippen LogP contribution < -0.4 is 9.54 Å². The number of hydrogen-bond acceptors (Lipinski definition) is 5. The molecule has 0 N–H and O–H groups in total. The number of nitrogens with zero attached hydrogens (tertiary/aromatic N) is 3. The summed E-state index contributed by atoms with van der Waals surface area (Å²) >= 11 is 1.41. The summed E-state index contributed by atoms with van der Waals surface area (Å²) in [5, 5.41) is 0. The van der Waals surface area contributed by atoms with Gasteiger partial charge in [-0.2, -0.15) is 9.30 Å². The Morgan fingerprint density at radius 1 is 1.10 bits per heavy atom. The number of sulfonamides is 1. The zero-order valence-corrected chi connectivity index (χ0v) is 19.1. The number of aromatic nitrogens is 1. The van der Waals surface area contributed by atoms with E-state index in [1.807, 2.05) is 29.7 Å². The summed E-state index contributed by atoms with van der Waals surface area (Å²) in [5.41, 5.74) is 1.24. The van der Waals surface area contributed by atoms with Crippen molar-refractivity contribution < 1.29 is 17.9 Å². The molecule has 160 valence electrons. The van der Waals surface area contributed by atoms with Crippen LogP contribution in [0.5, 0.6) is 5.75 Å². The Morgan fingerprint density at radius 3 is 2.33 bits per heavy atom. The number of fused-ring (bicyclic) bond motifs is 1. The van der Waals surface area contributed by atoms with Crippen LogP contribution in [0.2, 0.25) is 0 Å². The fourth-order valence-corrected chi connectivity index (χ4v) is 5.84. The highest BCUT2D eigenvalue weighted by molar-refractivity contribution is 7.89. The minimum absolute atomic E-state index is 0.165. The first-order valence-electron chi connectivity index (χ1n) is 9.72. The van der Waals surface area contributed by atoms with Gasteiger partial charge >= 0.3 is 0 Å². The predicted octanol–water partition coefficient (Wildman–Crippen LogP) is 3.50. The van der Waals surface area contributed by atoms with Gasteiger partial charge < -0.3 is 9.30 Å². The van der Waals surface area contributed by atoms with Crippen molar-refractivity contribution in [1.82, 2.24) is 8.87 Å². The fourth-order valence-electron chi connectivity index (χ4n) is 3.27. The normalized spacial score (nSPS) is 12.6. The number of rotatable bonds is 7. The van der Waals surface area contributed by atoms with Gasteiger partial charge in [-0.1, -0.05) is 31.3 Å². The van der Waals surface area contributed by atoms with Gasteiger partial charge in [0.1, 0.15) is 11.3 Å². The van der Waals surface area contributed by atoms with Crippen LogP contribution in [-0.2, 0) is 16.6 Å². The minimum Gasteiger partial charge on any atom is -0.495 e. The van der Waals surface area contributed by atoms with Crippen molar-refractivity contribution >= 4 is 37.5 Å². The third-order valence-corrected chi connectivity index (χ3v) is 7.95. The Bertz CT molecular complexity index is 1220. The number of carbonyl (C=O) groups excluding carboxylic acids is 1. The molecule has 1 aromatic heterocycles. The molecule has 0 atom stereocenters. The van der Waals surface area contributed by atoms with E-state index in [2.05, 4.69) is 4.99 Å². The Morgan fingerprint density at radius 2 is 1.77 bits per heavy atom. The van der Waals surface area contributed by atoms with E-state index in [4.69, 9.17) is 4.74 Å². The van der Waals surface area contributed by atoms with Gasteiger partial charge in [0.2, 0.25) is 10.0 Å². The van der Waals surface area contributed by atoms with E-state index in [-0.39, 0.29) is 4.90 Å². The van der Waals surface area contributed by atoms with Crippen molar-refractivity contribution in [3.8, 4) is 5.75 Å². The molecule has 7 nitrogen and oxygen atoms in total. The van der Waals surface area contributed by atoms with Crippen LogP contribution in [0, 0.1) is 0 Å². The topological polar surface area (TPSA) is 81.0 Å². The summed E-state index contributed by atoms with van der Waals surface area (Å²) in [7, 11) is -1.95. The third kappa shape index (κ3) is 4.05. The summed E-state index contributed by atoms with van der Waals surface area (Å²) in [6.07, 6.45) is 0. The van der Waals surface area contributed by atoms with Crippen LogP contribution in [0.25, 0.3) is 10.2 Å². The summed E-state index contributed by atoms with van der Waals surface area (Å²) in [6, 6.07) is 11.7. The molecule has 0 fully saturated rings. The van der Waals surface area contributed by atoms with E-state index in [0.29, 0.717) is 30.0 Å². The number of thiazole rings is 1. The van der Waals surface area contributed by atoms with Crippen molar-refractivity contribution in [2.75, 3.05) is 20.2 Å². The highest BCUT2D eigenvalue weighted by Crippen LogP contribution is 2.27. The van der Waals surface area contributed by atoms with Gasteiger partial charge in [-0.25, -0.2) is 8.42 Å². The van der Waals surface area contributed by atoms with Crippen molar-refractivity contribution in [2.24, 2.45) is 4.99 Å². The summed E-state index contributed by atoms with van der Waals surface area (Å²) in [6.45, 7) is 6.98. The van der Waals surface area contributed by atoms with E-state index >= 15 is 0 Å². The third-order valence-electron chi connectivity index (χ3n) is 4.84. The SMILES string of the molecule is CCN(CC)S(=O)(=O)c1ccc(C(=O)N=c2sc3cccc(OC)c3n2CC)cc1. The van der Waals surface area contributed by atoms with Crippen molar-refractivity contribution in [1.29, 1.82) is 0 Å². The molecule has 3 rings (SSSR count). The maximum Gasteiger partial charge on any atom is 0.279 e. The van der Waals surface area contributed by atoms with Crippen molar-refractivity contribution in [2.45, 2.75) is 32.2 Å². The van der Waals surface area contributed by atoms with Gasteiger partial charge in [-0.15, -0.1) is 0 Å². The standard InChI is InChI=1S/C21H25N3O4S2/c1-5-23(6-2)30(26,27)16-13-11-15(12-14-16)20(25)22-21-24(7-3)19-17(28-4)9-8-10-18(19)29-21/h8-14H,5-7H2,1-4H3. The van der Waals surface area contributed by atoms with E-state index in [1.165, 1.54) is 39.9 Å². The fraction of sp³-hybridized carbons (Fsp3) is 0.333. The van der Waals surface area contributed by atoms with E-state index in [9.17, 15) is 13.2 Å². The van der Waals surface area contributed by atoms with Crippen LogP contribution in [0.3, 0.4) is 0 Å². The van der Waals surface area contributed by atoms with Crippen molar-refractivity contribution in [3.63, 3.8) is 0 Å². The first kappa shape index (κ1) is 22.2. The summed E-state index contributed by atoms with van der Waals surface area (Å²) in [5.74, 6) is 0.306. The van der Waals surface area contributed by atoms with E-state index in [0.717, 1.165) is 16.0 Å². The molecule has 0 radical (unpaired) electrons. The van der Waals surface area contributed by atoms with Crippen LogP contribution >= 0.6 is 11.3 Å². The smallest absolute Gasteiger partial charge is 0.279 e. The van der Waals surface area contributed by atoms with Gasteiger partial charge in [0, 0.05) is 25.2 Å². The van der Waals surface area contributed by atoms with Crippen LogP contribution in [0.4, 0.5) is 0 Å². The Balaban J connectivity index is 2.00. The molecule has 0 aliphatic rings. The molecule has 0 saturated heterocycles. The lowest BCUT2D eigenvalue weighted by Crippen LogP contribution is -2.30. The molecule has 3 aromatic rings. The number of hydrogen-bond donors (Lipinski definition) is 0. The van der Waals surface area contributed by atoms with Gasteiger partial charge in [-0.3, -0.25) is 4.79 Å². The summed E-state index contributed by atoms with van der Waals surface area (Å²) in [4.78, 5) is 17.8. The Hall–Kier alpha value is -2.49. The van der Waals surface area contributed by atoms with Crippen LogP contribution in [0.15, 0.2) is 52.4 Å². The zero-order chi connectivity index (χ0) is 21.9. The molecule has 9 heteroatoms. The first-order valence-corrected chi connectivity index (χ1v) is 12.0. The van der Waals surface area contributed by atoms with E-state index in [1.54, 1.807) is 21.0 Å². The quantitative estimate of drug-likeness (QED) is 0.555. The molecule has 2 aromatic carbocycles. The highest BCUT2D eigenvalue weighted by Gasteiger charge is 2.21. The predicted molar refractivity (Wildman–Crippen MR) is 118 cm³/mol. The van der Waals surface area contributed by atoms with E-state index < -0.39 is 15.9 Å². The zero-order valence-electron chi connectivity index (χ0n) is 17.5. The van der Waals surface area contributed by atoms with Crippen LogP contribution in [0.1, 0.15) is 31.1 Å². The second-order valence-electron chi connectivity index (χ2n) is 6.47. The Kier molecular flexibility index (Phi) is 6.74. The molecular formula is C21H25N3O4S2. The number of amides is 1. The average molecular weight is 448 g/mol. The van der Waals surface area contributed by atoms with Gasteiger partial charge in [0.15, 0.2) is 4.80 Å². The highest BCUT2D eigenvalue weighted by atomic mass is 32.2. The molecule has 0 aliphatic heterocycles.